The Morgan fingerprint density at radius 2 is 1.69 bits per heavy atom. The van der Waals surface area contributed by atoms with Crippen molar-refractivity contribution in [1.29, 1.82) is 0 Å². The molecule has 74 valence electrons. The third-order valence-electron chi connectivity index (χ3n) is 1.20. The maximum Gasteiger partial charge on any atom is 0.412 e. The van der Waals surface area contributed by atoms with Crippen LogP contribution >= 0.6 is 0 Å². The van der Waals surface area contributed by atoms with Crippen LogP contribution in [0.1, 0.15) is 13.8 Å². The largest absolute Gasteiger partial charge is 0.412 e. The molecule has 0 atom stereocenters. The summed E-state index contributed by atoms with van der Waals surface area (Å²) in [5.74, 6) is -0.385. The minimum Gasteiger partial charge on any atom is -0.399 e. The highest BCUT2D eigenvalue weighted by Crippen LogP contribution is 2.25. The molecule has 5 heteroatoms. The molecule has 0 saturated carbocycles. The molecule has 0 aliphatic carbocycles. The Morgan fingerprint density at radius 1 is 1.23 bits per heavy atom. The van der Waals surface area contributed by atoms with Gasteiger partial charge in [-0.3, -0.25) is 4.79 Å². The molecule has 0 radical (unpaired) electrons. The first-order valence-corrected chi connectivity index (χ1v) is 3.46. The lowest BCUT2D eigenvalue weighted by molar-refractivity contribution is -0.112. The van der Waals surface area contributed by atoms with Crippen LogP contribution in [0, 0.1) is 0 Å². The highest BCUT2D eigenvalue weighted by molar-refractivity contribution is 5.88. The van der Waals surface area contributed by atoms with Gasteiger partial charge >= 0.3 is 6.18 Å². The number of nitrogens with two attached hydrogens (primary N) is 1. The first kappa shape index (κ1) is 11.7. The Labute approximate surface area is 73.9 Å². The minimum atomic E-state index is -4.39. The van der Waals surface area contributed by atoms with Crippen molar-refractivity contribution in [1.82, 2.24) is 0 Å². The number of ketones is 1. The highest BCUT2D eigenvalue weighted by atomic mass is 19.4. The van der Waals surface area contributed by atoms with Crippen molar-refractivity contribution >= 4 is 5.78 Å². The average molecular weight is 193 g/mol. The summed E-state index contributed by atoms with van der Waals surface area (Å²) in [5.41, 5.74) is 4.11. The second-order valence-electron chi connectivity index (χ2n) is 2.58. The fraction of sp³-hybridized carbons (Fsp3) is 0.375. The van der Waals surface area contributed by atoms with Gasteiger partial charge in [0.1, 0.15) is 0 Å². The molecule has 0 spiro atoms. The Bertz CT molecular complexity index is 263. The molecule has 0 fully saturated rings. The zero-order chi connectivity index (χ0) is 10.6. The lowest BCUT2D eigenvalue weighted by Crippen LogP contribution is -2.10. The zero-order valence-electron chi connectivity index (χ0n) is 7.27. The Hall–Kier alpha value is -1.26. The van der Waals surface area contributed by atoms with Gasteiger partial charge < -0.3 is 5.73 Å². The van der Waals surface area contributed by atoms with E-state index in [1.807, 2.05) is 0 Å². The number of hydrogen-bond donors (Lipinski definition) is 1. The molecule has 0 aromatic carbocycles. The third-order valence-corrected chi connectivity index (χ3v) is 1.20. The van der Waals surface area contributed by atoms with Gasteiger partial charge in [-0.05, 0) is 19.9 Å². The van der Waals surface area contributed by atoms with Gasteiger partial charge in [-0.15, -0.1) is 0 Å². The van der Waals surface area contributed by atoms with E-state index in [0.717, 1.165) is 19.1 Å². The van der Waals surface area contributed by atoms with Crippen molar-refractivity contribution in [2.75, 3.05) is 0 Å². The molecule has 2 nitrogen and oxygen atoms in total. The minimum absolute atomic E-state index is 0.192. The van der Waals surface area contributed by atoms with E-state index in [4.69, 9.17) is 5.73 Å². The predicted octanol–water partition coefficient (Wildman–Crippen LogP) is 1.93. The van der Waals surface area contributed by atoms with Gasteiger partial charge in [0, 0.05) is 17.3 Å². The number of carbonyl (C=O) groups excluding carboxylic acids is 1. The van der Waals surface area contributed by atoms with Crippen LogP contribution < -0.4 is 5.73 Å². The first-order valence-electron chi connectivity index (χ1n) is 3.46. The summed E-state index contributed by atoms with van der Waals surface area (Å²) in [4.78, 5) is 10.4. The maximum atomic E-state index is 11.9. The molecular weight excluding hydrogens is 183 g/mol. The number of carbonyl (C=O) groups is 1. The van der Waals surface area contributed by atoms with E-state index >= 15 is 0 Å². The molecule has 0 aromatic heterocycles. The topological polar surface area (TPSA) is 43.1 Å². The normalized spacial score (nSPS) is 14.5. The van der Waals surface area contributed by atoms with Gasteiger partial charge in [-0.25, -0.2) is 0 Å². The molecule has 0 aromatic rings. The van der Waals surface area contributed by atoms with E-state index < -0.39 is 11.7 Å². The molecule has 0 bridgehead atoms. The lowest BCUT2D eigenvalue weighted by Gasteiger charge is -2.05. The van der Waals surface area contributed by atoms with Crippen molar-refractivity contribution in [3.8, 4) is 0 Å². The van der Waals surface area contributed by atoms with Crippen LogP contribution in [0.5, 0.6) is 0 Å². The fourth-order valence-electron chi connectivity index (χ4n) is 0.608. The van der Waals surface area contributed by atoms with Gasteiger partial charge in [0.25, 0.3) is 0 Å². The smallest absolute Gasteiger partial charge is 0.399 e. The summed E-state index contributed by atoms with van der Waals surface area (Å²) in [6.45, 7) is 2.10. The van der Waals surface area contributed by atoms with E-state index in [0.29, 0.717) is 0 Å². The SMILES string of the molecule is CC(=O)/C=C(N)\C=C(/C)C(F)(F)F. The standard InChI is InChI=1S/C8H10F3NO/c1-5(8(9,10)11)3-7(12)4-6(2)13/h3-4H,12H2,1-2H3/b5-3+,7-4+. The molecule has 0 amide bonds. The monoisotopic (exact) mass is 193 g/mol. The average Bonchev–Trinajstić information content (AvgIpc) is 1.82. The maximum absolute atomic E-state index is 11.9. The summed E-state index contributed by atoms with van der Waals surface area (Å²) in [5, 5.41) is 0. The van der Waals surface area contributed by atoms with Crippen molar-refractivity contribution in [2.24, 2.45) is 5.73 Å². The summed E-state index contributed by atoms with van der Waals surface area (Å²) >= 11 is 0. The van der Waals surface area contributed by atoms with Gasteiger partial charge in [-0.2, -0.15) is 13.2 Å². The van der Waals surface area contributed by atoms with Crippen molar-refractivity contribution in [3.05, 3.63) is 23.4 Å². The molecular formula is C8H10F3NO. The number of hydrogen-bond acceptors (Lipinski definition) is 2. The summed E-state index contributed by atoms with van der Waals surface area (Å²) in [6.07, 6.45) is -2.73. The van der Waals surface area contributed by atoms with Crippen LogP contribution in [0.25, 0.3) is 0 Å². The number of rotatable bonds is 2. The van der Waals surface area contributed by atoms with E-state index in [1.54, 1.807) is 0 Å². The van der Waals surface area contributed by atoms with Gasteiger partial charge in [0.2, 0.25) is 0 Å². The zero-order valence-corrected chi connectivity index (χ0v) is 7.27. The van der Waals surface area contributed by atoms with Gasteiger partial charge in [-0.1, -0.05) is 0 Å². The van der Waals surface area contributed by atoms with Crippen LogP contribution in [0.4, 0.5) is 13.2 Å². The van der Waals surface area contributed by atoms with Crippen molar-refractivity contribution in [3.63, 3.8) is 0 Å². The Morgan fingerprint density at radius 3 is 2.00 bits per heavy atom. The van der Waals surface area contributed by atoms with Crippen LogP contribution in [0.3, 0.4) is 0 Å². The summed E-state index contributed by atoms with van der Waals surface area (Å²) < 4.78 is 35.7. The van der Waals surface area contributed by atoms with Gasteiger partial charge in [0.15, 0.2) is 5.78 Å². The first-order chi connectivity index (χ1) is 5.73. The van der Waals surface area contributed by atoms with Crippen LogP contribution in [0.2, 0.25) is 0 Å². The van der Waals surface area contributed by atoms with E-state index in [9.17, 15) is 18.0 Å². The fourth-order valence-corrected chi connectivity index (χ4v) is 0.608. The molecule has 0 aliphatic rings. The molecule has 0 aliphatic heterocycles. The second-order valence-corrected chi connectivity index (χ2v) is 2.58. The summed E-state index contributed by atoms with van der Waals surface area (Å²) in [7, 11) is 0. The van der Waals surface area contributed by atoms with Gasteiger partial charge in [0.05, 0.1) is 0 Å². The van der Waals surface area contributed by atoms with E-state index in [1.165, 1.54) is 6.92 Å². The Kier molecular flexibility index (Phi) is 3.71. The Balaban J connectivity index is 4.67. The molecule has 0 rings (SSSR count). The molecule has 0 saturated heterocycles. The van der Waals surface area contributed by atoms with Crippen LogP contribution in [0.15, 0.2) is 23.4 Å². The molecule has 0 unspecified atom stereocenters. The van der Waals surface area contributed by atoms with Crippen LogP contribution in [-0.2, 0) is 4.79 Å². The predicted molar refractivity (Wildman–Crippen MR) is 42.8 cm³/mol. The molecule has 2 N–H and O–H groups in total. The number of halogens is 3. The number of alkyl halides is 3. The number of allylic oxidation sites excluding steroid dienone is 3. The highest BCUT2D eigenvalue weighted by Gasteiger charge is 2.29. The molecule has 13 heavy (non-hydrogen) atoms. The molecule has 0 heterocycles. The van der Waals surface area contributed by atoms with E-state index in [-0.39, 0.29) is 11.5 Å². The summed E-state index contributed by atoms with van der Waals surface area (Å²) in [6, 6.07) is 0. The van der Waals surface area contributed by atoms with Crippen molar-refractivity contribution < 1.29 is 18.0 Å². The quantitative estimate of drug-likeness (QED) is 0.537. The second kappa shape index (κ2) is 4.11. The van der Waals surface area contributed by atoms with Crippen LogP contribution in [-0.4, -0.2) is 12.0 Å². The lowest BCUT2D eigenvalue weighted by atomic mass is 10.2. The van der Waals surface area contributed by atoms with Crippen molar-refractivity contribution in [2.45, 2.75) is 20.0 Å². The van der Waals surface area contributed by atoms with E-state index in [2.05, 4.69) is 0 Å². The third kappa shape index (κ3) is 5.05.